The van der Waals surface area contributed by atoms with E-state index >= 15 is 0 Å². The fraction of sp³-hybridized carbons (Fsp3) is 0.643. The van der Waals surface area contributed by atoms with Crippen molar-refractivity contribution in [2.45, 2.75) is 51.6 Å². The van der Waals surface area contributed by atoms with Crippen LogP contribution in [0.25, 0.3) is 0 Å². The van der Waals surface area contributed by atoms with Gasteiger partial charge in [0.1, 0.15) is 6.10 Å². The van der Waals surface area contributed by atoms with Crippen LogP contribution in [0.15, 0.2) is 23.8 Å². The van der Waals surface area contributed by atoms with E-state index in [1.54, 1.807) is 6.08 Å². The van der Waals surface area contributed by atoms with Gasteiger partial charge < -0.3 is 4.74 Å². The van der Waals surface area contributed by atoms with Crippen molar-refractivity contribution in [1.29, 1.82) is 0 Å². The Bertz CT molecular complexity index is 309. The van der Waals surface area contributed by atoms with Gasteiger partial charge in [-0.1, -0.05) is 30.9 Å². The van der Waals surface area contributed by atoms with E-state index in [0.29, 0.717) is 5.92 Å². The quantitative estimate of drug-likeness (QED) is 0.526. The molecule has 1 unspecified atom stereocenters. The van der Waals surface area contributed by atoms with E-state index in [1.807, 2.05) is 6.92 Å². The molecule has 0 aromatic carbocycles. The number of allylic oxidation sites excluding steroid dienone is 1. The fourth-order valence-corrected chi connectivity index (χ4v) is 2.52. The van der Waals surface area contributed by atoms with Gasteiger partial charge >= 0.3 is 5.97 Å². The summed E-state index contributed by atoms with van der Waals surface area (Å²) in [6.45, 7) is 1.99. The Morgan fingerprint density at radius 3 is 2.69 bits per heavy atom. The average Bonchev–Trinajstić information content (AvgIpc) is 2.27. The third kappa shape index (κ3) is 3.22. The van der Waals surface area contributed by atoms with Gasteiger partial charge in [0.05, 0.1) is 0 Å². The van der Waals surface area contributed by atoms with Crippen molar-refractivity contribution in [2.24, 2.45) is 5.92 Å². The minimum atomic E-state index is -0.193. The van der Waals surface area contributed by atoms with Crippen LogP contribution in [0.2, 0.25) is 0 Å². The third-order valence-electron chi connectivity index (χ3n) is 3.40. The molecule has 2 nitrogen and oxygen atoms in total. The molecule has 2 heteroatoms. The van der Waals surface area contributed by atoms with Crippen molar-refractivity contribution in [2.75, 3.05) is 0 Å². The Morgan fingerprint density at radius 1 is 1.25 bits per heavy atom. The van der Waals surface area contributed by atoms with Crippen molar-refractivity contribution >= 4 is 5.97 Å². The van der Waals surface area contributed by atoms with Crippen LogP contribution in [0, 0.1) is 5.92 Å². The van der Waals surface area contributed by atoms with Crippen LogP contribution >= 0.6 is 0 Å². The zero-order chi connectivity index (χ0) is 11.4. The van der Waals surface area contributed by atoms with Gasteiger partial charge in [-0.25, -0.2) is 4.79 Å². The summed E-state index contributed by atoms with van der Waals surface area (Å²) in [6.07, 6.45) is 13.4. The molecule has 1 aliphatic heterocycles. The highest BCUT2D eigenvalue weighted by molar-refractivity contribution is 5.83. The first kappa shape index (κ1) is 11.4. The monoisotopic (exact) mass is 220 g/mol. The van der Waals surface area contributed by atoms with Gasteiger partial charge in [-0.3, -0.25) is 0 Å². The van der Waals surface area contributed by atoms with Crippen LogP contribution < -0.4 is 0 Å². The van der Waals surface area contributed by atoms with Crippen LogP contribution in [0.4, 0.5) is 0 Å². The van der Waals surface area contributed by atoms with E-state index in [-0.39, 0.29) is 12.1 Å². The number of carbonyl (C=O) groups excluding carboxylic acids is 1. The molecule has 1 fully saturated rings. The summed E-state index contributed by atoms with van der Waals surface area (Å²) in [5, 5.41) is 0. The minimum absolute atomic E-state index is 0.0283. The SMILES string of the molecule is CC1=CC(=O)OC(/C=C/C2CCCCC2)C1. The topological polar surface area (TPSA) is 26.3 Å². The smallest absolute Gasteiger partial charge is 0.331 e. The largest absolute Gasteiger partial charge is 0.455 e. The Balaban J connectivity index is 1.87. The molecule has 0 saturated heterocycles. The predicted octanol–water partition coefficient (Wildman–Crippen LogP) is 3.38. The van der Waals surface area contributed by atoms with Crippen molar-refractivity contribution in [3.05, 3.63) is 23.8 Å². The zero-order valence-corrected chi connectivity index (χ0v) is 9.95. The maximum absolute atomic E-state index is 11.2. The van der Waals surface area contributed by atoms with Gasteiger partial charge in [-0.05, 0) is 31.8 Å². The molecule has 2 aliphatic rings. The Hall–Kier alpha value is -1.05. The summed E-state index contributed by atoms with van der Waals surface area (Å²) in [4.78, 5) is 11.2. The number of carbonyl (C=O) groups is 1. The lowest BCUT2D eigenvalue weighted by Crippen LogP contribution is -2.20. The molecule has 0 aromatic rings. The highest BCUT2D eigenvalue weighted by Gasteiger charge is 2.17. The summed E-state index contributed by atoms with van der Waals surface area (Å²) in [5.41, 5.74) is 1.12. The summed E-state index contributed by atoms with van der Waals surface area (Å²) in [7, 11) is 0. The molecule has 0 N–H and O–H groups in total. The van der Waals surface area contributed by atoms with Crippen LogP contribution in [-0.4, -0.2) is 12.1 Å². The maximum Gasteiger partial charge on any atom is 0.331 e. The standard InChI is InChI=1S/C14H20O2/c1-11-9-13(16-14(15)10-11)8-7-12-5-3-2-4-6-12/h7-8,10,12-13H,2-6,9H2,1H3/b8-7+. The highest BCUT2D eigenvalue weighted by Crippen LogP contribution is 2.25. The first-order valence-electron chi connectivity index (χ1n) is 6.30. The molecule has 0 aromatic heterocycles. The molecule has 2 rings (SSSR count). The van der Waals surface area contributed by atoms with E-state index in [0.717, 1.165) is 12.0 Å². The first-order valence-corrected chi connectivity index (χ1v) is 6.30. The van der Waals surface area contributed by atoms with E-state index < -0.39 is 0 Å². The molecule has 0 amide bonds. The summed E-state index contributed by atoms with van der Waals surface area (Å²) >= 11 is 0. The molecule has 0 spiro atoms. The van der Waals surface area contributed by atoms with E-state index in [4.69, 9.17) is 4.74 Å². The Labute approximate surface area is 97.4 Å². The first-order chi connectivity index (χ1) is 7.74. The molecule has 0 radical (unpaired) electrons. The molecule has 1 atom stereocenters. The average molecular weight is 220 g/mol. The number of ether oxygens (including phenoxy) is 1. The molecule has 88 valence electrons. The Kier molecular flexibility index (Phi) is 3.81. The number of hydrogen-bond acceptors (Lipinski definition) is 2. The van der Waals surface area contributed by atoms with Gasteiger partial charge in [-0.15, -0.1) is 0 Å². The van der Waals surface area contributed by atoms with Crippen LogP contribution in [0.1, 0.15) is 45.4 Å². The third-order valence-corrected chi connectivity index (χ3v) is 3.40. The minimum Gasteiger partial charge on any atom is -0.455 e. The van der Waals surface area contributed by atoms with E-state index in [2.05, 4.69) is 12.2 Å². The summed E-state index contributed by atoms with van der Waals surface area (Å²) in [6, 6.07) is 0. The van der Waals surface area contributed by atoms with E-state index in [1.165, 1.54) is 32.1 Å². The lowest BCUT2D eigenvalue weighted by Gasteiger charge is -2.21. The maximum atomic E-state index is 11.2. The lowest BCUT2D eigenvalue weighted by molar-refractivity contribution is -0.142. The number of hydrogen-bond donors (Lipinski definition) is 0. The van der Waals surface area contributed by atoms with Gasteiger partial charge in [0.15, 0.2) is 0 Å². The van der Waals surface area contributed by atoms with Crippen LogP contribution in [0.5, 0.6) is 0 Å². The van der Waals surface area contributed by atoms with Crippen LogP contribution in [0.3, 0.4) is 0 Å². The second kappa shape index (κ2) is 5.33. The highest BCUT2D eigenvalue weighted by atomic mass is 16.5. The van der Waals surface area contributed by atoms with Gasteiger partial charge in [-0.2, -0.15) is 0 Å². The lowest BCUT2D eigenvalue weighted by atomic mass is 9.88. The van der Waals surface area contributed by atoms with Gasteiger partial charge in [0.2, 0.25) is 0 Å². The van der Waals surface area contributed by atoms with Crippen molar-refractivity contribution in [3.63, 3.8) is 0 Å². The van der Waals surface area contributed by atoms with Crippen molar-refractivity contribution < 1.29 is 9.53 Å². The second-order valence-corrected chi connectivity index (χ2v) is 4.95. The fourth-order valence-electron chi connectivity index (χ4n) is 2.52. The molecule has 1 aliphatic carbocycles. The van der Waals surface area contributed by atoms with Gasteiger partial charge in [0, 0.05) is 12.5 Å². The van der Waals surface area contributed by atoms with E-state index in [9.17, 15) is 4.79 Å². The van der Waals surface area contributed by atoms with Gasteiger partial charge in [0.25, 0.3) is 0 Å². The summed E-state index contributed by atoms with van der Waals surface area (Å²) < 4.78 is 5.25. The number of cyclic esters (lactones) is 1. The normalized spacial score (nSPS) is 27.9. The molecular formula is C14H20O2. The van der Waals surface area contributed by atoms with Crippen molar-refractivity contribution in [1.82, 2.24) is 0 Å². The molecule has 16 heavy (non-hydrogen) atoms. The molecule has 1 heterocycles. The molecular weight excluding hydrogens is 200 g/mol. The summed E-state index contributed by atoms with van der Waals surface area (Å²) in [5.74, 6) is 0.515. The Morgan fingerprint density at radius 2 is 2.00 bits per heavy atom. The van der Waals surface area contributed by atoms with Crippen molar-refractivity contribution in [3.8, 4) is 0 Å². The molecule has 0 bridgehead atoms. The second-order valence-electron chi connectivity index (χ2n) is 4.95. The molecule has 1 saturated carbocycles. The zero-order valence-electron chi connectivity index (χ0n) is 9.95. The number of rotatable bonds is 2. The predicted molar refractivity (Wildman–Crippen MR) is 64.0 cm³/mol. The number of esters is 1. The van der Waals surface area contributed by atoms with Crippen LogP contribution in [-0.2, 0) is 9.53 Å².